The van der Waals surface area contributed by atoms with E-state index in [1.54, 1.807) is 0 Å². The summed E-state index contributed by atoms with van der Waals surface area (Å²) in [7, 11) is 1.38. The van der Waals surface area contributed by atoms with Crippen LogP contribution in [0, 0.1) is 0 Å². The summed E-state index contributed by atoms with van der Waals surface area (Å²) in [6, 6.07) is 7.42. The zero-order chi connectivity index (χ0) is 13.4. The zero-order valence-corrected chi connectivity index (χ0v) is 11.2. The number of aryl methyl sites for hydroxylation is 1. The van der Waals surface area contributed by atoms with Crippen molar-refractivity contribution in [2.75, 3.05) is 20.3 Å². The van der Waals surface area contributed by atoms with Crippen LogP contribution < -0.4 is 10.1 Å². The van der Waals surface area contributed by atoms with Crippen molar-refractivity contribution in [3.8, 4) is 5.75 Å². The summed E-state index contributed by atoms with van der Waals surface area (Å²) in [4.78, 5) is 11.5. The van der Waals surface area contributed by atoms with Gasteiger partial charge in [0.05, 0.1) is 7.11 Å². The Kier molecular flexibility index (Phi) is 6.22. The summed E-state index contributed by atoms with van der Waals surface area (Å²) in [5, 5.41) is 3.04. The smallest absolute Gasteiger partial charge is 0.326 e. The fraction of sp³-hybridized carbons (Fsp3) is 0.500. The Morgan fingerprint density at radius 1 is 1.33 bits per heavy atom. The summed E-state index contributed by atoms with van der Waals surface area (Å²) in [5.74, 6) is 0.526. The summed E-state index contributed by atoms with van der Waals surface area (Å²) in [6.45, 7) is 4.98. The molecule has 1 aromatic carbocycles. The standard InChI is InChI=1S/C14H21NO3/c1-4-11-8-6-7-9-13(11)18-10-12(15-5-2)14(16)17-3/h6-9,12,15H,4-5,10H2,1-3H3. The maximum Gasteiger partial charge on any atom is 0.326 e. The highest BCUT2D eigenvalue weighted by Gasteiger charge is 2.18. The number of esters is 1. The second kappa shape index (κ2) is 7.71. The van der Waals surface area contributed by atoms with E-state index in [4.69, 9.17) is 9.47 Å². The molecule has 0 aliphatic rings. The lowest BCUT2D eigenvalue weighted by Gasteiger charge is -2.17. The lowest BCUT2D eigenvalue weighted by molar-refractivity contribution is -0.143. The summed E-state index contributed by atoms with van der Waals surface area (Å²) >= 11 is 0. The Bertz CT molecular complexity index is 379. The molecule has 0 bridgehead atoms. The molecule has 0 radical (unpaired) electrons. The maximum atomic E-state index is 11.5. The van der Waals surface area contributed by atoms with Crippen LogP contribution in [0.4, 0.5) is 0 Å². The van der Waals surface area contributed by atoms with E-state index in [0.717, 1.165) is 17.7 Å². The minimum atomic E-state index is -0.426. The van der Waals surface area contributed by atoms with Crippen LogP contribution in [0.5, 0.6) is 5.75 Å². The number of hydrogen-bond acceptors (Lipinski definition) is 4. The molecular formula is C14H21NO3. The van der Waals surface area contributed by atoms with Crippen molar-refractivity contribution >= 4 is 5.97 Å². The van der Waals surface area contributed by atoms with Gasteiger partial charge >= 0.3 is 5.97 Å². The van der Waals surface area contributed by atoms with E-state index < -0.39 is 6.04 Å². The highest BCUT2D eigenvalue weighted by Crippen LogP contribution is 2.18. The molecule has 0 spiro atoms. The van der Waals surface area contributed by atoms with Gasteiger partial charge < -0.3 is 14.8 Å². The van der Waals surface area contributed by atoms with Crippen molar-refractivity contribution in [1.82, 2.24) is 5.32 Å². The van der Waals surface area contributed by atoms with Crippen molar-refractivity contribution in [3.05, 3.63) is 29.8 Å². The van der Waals surface area contributed by atoms with Gasteiger partial charge in [0.1, 0.15) is 18.4 Å². The lowest BCUT2D eigenvalue weighted by atomic mass is 10.1. The zero-order valence-electron chi connectivity index (χ0n) is 11.2. The van der Waals surface area contributed by atoms with Crippen LogP contribution in [0.25, 0.3) is 0 Å². The van der Waals surface area contributed by atoms with Crippen LogP contribution in [0.2, 0.25) is 0 Å². The van der Waals surface area contributed by atoms with Gasteiger partial charge in [0.2, 0.25) is 0 Å². The Balaban J connectivity index is 2.63. The molecule has 0 aliphatic heterocycles. The first kappa shape index (κ1) is 14.5. The van der Waals surface area contributed by atoms with Gasteiger partial charge in [0, 0.05) is 0 Å². The molecule has 1 aromatic rings. The predicted octanol–water partition coefficient (Wildman–Crippen LogP) is 1.78. The van der Waals surface area contributed by atoms with E-state index in [1.165, 1.54) is 7.11 Å². The Hall–Kier alpha value is -1.55. The van der Waals surface area contributed by atoms with E-state index in [-0.39, 0.29) is 12.6 Å². The number of rotatable bonds is 7. The van der Waals surface area contributed by atoms with Gasteiger partial charge in [-0.05, 0) is 24.6 Å². The predicted molar refractivity (Wildman–Crippen MR) is 70.8 cm³/mol. The number of para-hydroxylation sites is 1. The number of carbonyl (C=O) groups is 1. The summed E-state index contributed by atoms with van der Waals surface area (Å²) < 4.78 is 10.4. The molecule has 0 aliphatic carbocycles. The monoisotopic (exact) mass is 251 g/mol. The van der Waals surface area contributed by atoms with E-state index >= 15 is 0 Å². The fourth-order valence-corrected chi connectivity index (χ4v) is 1.71. The van der Waals surface area contributed by atoms with Crippen LogP contribution in [0.3, 0.4) is 0 Å². The molecule has 1 N–H and O–H groups in total. The normalized spacial score (nSPS) is 11.9. The van der Waals surface area contributed by atoms with Crippen LogP contribution >= 0.6 is 0 Å². The van der Waals surface area contributed by atoms with Crippen LogP contribution in [0.1, 0.15) is 19.4 Å². The van der Waals surface area contributed by atoms with Crippen molar-refractivity contribution < 1.29 is 14.3 Å². The SMILES string of the molecule is CCNC(COc1ccccc1CC)C(=O)OC. The number of hydrogen-bond donors (Lipinski definition) is 1. The second-order valence-electron chi connectivity index (χ2n) is 3.91. The molecular weight excluding hydrogens is 230 g/mol. The van der Waals surface area contributed by atoms with Gasteiger partial charge in [-0.15, -0.1) is 0 Å². The minimum Gasteiger partial charge on any atom is -0.491 e. The number of carbonyl (C=O) groups excluding carboxylic acids is 1. The quantitative estimate of drug-likeness (QED) is 0.750. The molecule has 0 fully saturated rings. The number of benzene rings is 1. The highest BCUT2D eigenvalue weighted by molar-refractivity contribution is 5.75. The van der Waals surface area contributed by atoms with Gasteiger partial charge in [-0.25, -0.2) is 0 Å². The molecule has 0 saturated carbocycles. The second-order valence-corrected chi connectivity index (χ2v) is 3.91. The molecule has 18 heavy (non-hydrogen) atoms. The van der Waals surface area contributed by atoms with Crippen molar-refractivity contribution in [1.29, 1.82) is 0 Å². The number of nitrogens with one attached hydrogen (secondary N) is 1. The average Bonchev–Trinajstić information content (AvgIpc) is 2.42. The molecule has 0 aromatic heterocycles. The molecule has 4 heteroatoms. The van der Waals surface area contributed by atoms with Crippen LogP contribution in [-0.2, 0) is 16.0 Å². The molecule has 0 amide bonds. The van der Waals surface area contributed by atoms with E-state index in [9.17, 15) is 4.79 Å². The van der Waals surface area contributed by atoms with Gasteiger partial charge in [0.15, 0.2) is 0 Å². The van der Waals surface area contributed by atoms with E-state index in [1.807, 2.05) is 31.2 Å². The molecule has 4 nitrogen and oxygen atoms in total. The third-order valence-corrected chi connectivity index (χ3v) is 2.70. The molecule has 0 heterocycles. The Morgan fingerprint density at radius 2 is 2.06 bits per heavy atom. The molecule has 100 valence electrons. The molecule has 1 rings (SSSR count). The van der Waals surface area contributed by atoms with Crippen LogP contribution in [-0.4, -0.2) is 32.3 Å². The lowest BCUT2D eigenvalue weighted by Crippen LogP contribution is -2.42. The fourth-order valence-electron chi connectivity index (χ4n) is 1.71. The first-order chi connectivity index (χ1) is 8.72. The number of likely N-dealkylation sites (N-methyl/N-ethyl adjacent to an activating group) is 1. The summed E-state index contributed by atoms with van der Waals surface area (Å²) in [6.07, 6.45) is 0.903. The summed E-state index contributed by atoms with van der Waals surface area (Å²) in [5.41, 5.74) is 1.14. The molecule has 1 unspecified atom stereocenters. The number of methoxy groups -OCH3 is 1. The average molecular weight is 251 g/mol. The van der Waals surface area contributed by atoms with Crippen molar-refractivity contribution in [2.45, 2.75) is 26.3 Å². The van der Waals surface area contributed by atoms with Gasteiger partial charge in [-0.2, -0.15) is 0 Å². The first-order valence-corrected chi connectivity index (χ1v) is 6.24. The molecule has 1 atom stereocenters. The van der Waals surface area contributed by atoms with Gasteiger partial charge in [-0.1, -0.05) is 32.0 Å². The van der Waals surface area contributed by atoms with E-state index in [2.05, 4.69) is 12.2 Å². The van der Waals surface area contributed by atoms with Crippen molar-refractivity contribution in [2.24, 2.45) is 0 Å². The van der Waals surface area contributed by atoms with Crippen LogP contribution in [0.15, 0.2) is 24.3 Å². The van der Waals surface area contributed by atoms with Gasteiger partial charge in [0.25, 0.3) is 0 Å². The maximum absolute atomic E-state index is 11.5. The van der Waals surface area contributed by atoms with E-state index in [0.29, 0.717) is 6.54 Å². The number of ether oxygens (including phenoxy) is 2. The third-order valence-electron chi connectivity index (χ3n) is 2.70. The van der Waals surface area contributed by atoms with Gasteiger partial charge in [-0.3, -0.25) is 4.79 Å². The molecule has 0 saturated heterocycles. The Morgan fingerprint density at radius 3 is 2.67 bits per heavy atom. The first-order valence-electron chi connectivity index (χ1n) is 6.24. The van der Waals surface area contributed by atoms with Crippen molar-refractivity contribution in [3.63, 3.8) is 0 Å². The topological polar surface area (TPSA) is 47.6 Å². The Labute approximate surface area is 108 Å². The minimum absolute atomic E-state index is 0.275. The third kappa shape index (κ3) is 4.04. The highest BCUT2D eigenvalue weighted by atomic mass is 16.5. The largest absolute Gasteiger partial charge is 0.491 e.